The number of piperidine rings is 1. The maximum Gasteiger partial charge on any atom is 0.241 e. The van der Waals surface area contributed by atoms with Crippen molar-refractivity contribution in [2.24, 2.45) is 0 Å². The fraction of sp³-hybridized carbons (Fsp3) is 0.571. The number of carbonyl (C=O) groups is 1. The number of aliphatic hydroxyl groups excluding tert-OH is 1. The maximum absolute atomic E-state index is 13.1. The lowest BCUT2D eigenvalue weighted by molar-refractivity contribution is -0.125. The summed E-state index contributed by atoms with van der Waals surface area (Å²) in [6.45, 7) is 3.10. The summed E-state index contributed by atoms with van der Waals surface area (Å²) < 4.78 is 46.2. The Kier molecular flexibility index (Phi) is 8.56. The first kappa shape index (κ1) is 23.8. The molecule has 2 aliphatic rings. The number of hydrogen-bond donors (Lipinski definition) is 3. The van der Waals surface area contributed by atoms with Gasteiger partial charge in [-0.2, -0.15) is 0 Å². The third kappa shape index (κ3) is 7.08. The molecule has 0 unspecified atom stereocenters. The lowest BCUT2D eigenvalue weighted by Gasteiger charge is -2.31. The largest absolute Gasteiger partial charge is 0.394 e. The Morgan fingerprint density at radius 1 is 1.16 bits per heavy atom. The number of carbonyl (C=O) groups excluding carboxylic acids is 1. The zero-order valence-electron chi connectivity index (χ0n) is 17.4. The van der Waals surface area contributed by atoms with Gasteiger partial charge in [-0.1, -0.05) is 18.6 Å². The number of amides is 1. The molecule has 3 atom stereocenters. The van der Waals surface area contributed by atoms with Crippen molar-refractivity contribution >= 4 is 15.9 Å². The quantitative estimate of drug-likeness (QED) is 0.475. The van der Waals surface area contributed by atoms with E-state index in [1.165, 1.54) is 19.3 Å². The van der Waals surface area contributed by atoms with Gasteiger partial charge in [0, 0.05) is 13.1 Å². The van der Waals surface area contributed by atoms with Crippen LogP contribution in [0.2, 0.25) is 0 Å². The number of hydrogen-bond acceptors (Lipinski definition) is 6. The third-order valence-corrected chi connectivity index (χ3v) is 6.94. The van der Waals surface area contributed by atoms with Crippen LogP contribution >= 0.6 is 0 Å². The average molecular weight is 456 g/mol. The van der Waals surface area contributed by atoms with Gasteiger partial charge < -0.3 is 20.1 Å². The maximum atomic E-state index is 13.1. The fourth-order valence-electron chi connectivity index (χ4n) is 3.76. The van der Waals surface area contributed by atoms with E-state index >= 15 is 0 Å². The van der Waals surface area contributed by atoms with Crippen molar-refractivity contribution in [3.05, 3.63) is 42.2 Å². The van der Waals surface area contributed by atoms with Gasteiger partial charge in [0.2, 0.25) is 15.9 Å². The van der Waals surface area contributed by atoms with Gasteiger partial charge >= 0.3 is 0 Å². The fourth-order valence-corrected chi connectivity index (χ4v) is 4.98. The molecular weight excluding hydrogens is 425 g/mol. The van der Waals surface area contributed by atoms with Gasteiger partial charge in [0.25, 0.3) is 0 Å². The summed E-state index contributed by atoms with van der Waals surface area (Å²) in [5.74, 6) is -0.696. The first-order chi connectivity index (χ1) is 14.9. The van der Waals surface area contributed by atoms with Crippen LogP contribution < -0.4 is 10.0 Å². The molecule has 31 heavy (non-hydrogen) atoms. The number of halogens is 1. The molecule has 1 fully saturated rings. The van der Waals surface area contributed by atoms with Gasteiger partial charge in [-0.25, -0.2) is 17.5 Å². The standard InChI is InChI=1S/C21H30FN3O5S/c22-16-4-7-18(8-5-16)31(28,29)24-19-9-6-17(30-20(19)15-26)14-21(27)23-10-13-25-11-2-1-3-12-25/h4-9,17,19-20,24,26H,1-3,10-15H2,(H,23,27)/t17-,19+,20+/m1/s1. The zero-order chi connectivity index (χ0) is 22.3. The molecule has 2 heterocycles. The van der Waals surface area contributed by atoms with Crippen LogP contribution in [0.15, 0.2) is 41.3 Å². The van der Waals surface area contributed by atoms with E-state index in [9.17, 15) is 22.7 Å². The van der Waals surface area contributed by atoms with E-state index in [2.05, 4.69) is 14.9 Å². The molecule has 172 valence electrons. The van der Waals surface area contributed by atoms with E-state index in [0.29, 0.717) is 6.54 Å². The van der Waals surface area contributed by atoms with Gasteiger partial charge in [-0.05, 0) is 50.2 Å². The molecule has 3 N–H and O–H groups in total. The highest BCUT2D eigenvalue weighted by Crippen LogP contribution is 2.18. The molecule has 0 radical (unpaired) electrons. The lowest BCUT2D eigenvalue weighted by Crippen LogP contribution is -2.49. The highest BCUT2D eigenvalue weighted by molar-refractivity contribution is 7.89. The van der Waals surface area contributed by atoms with E-state index in [-0.39, 0.29) is 17.2 Å². The Hall–Kier alpha value is -1.85. The predicted molar refractivity (Wildman–Crippen MR) is 113 cm³/mol. The predicted octanol–water partition coefficient (Wildman–Crippen LogP) is 0.781. The van der Waals surface area contributed by atoms with Crippen LogP contribution in [0.4, 0.5) is 4.39 Å². The summed E-state index contributed by atoms with van der Waals surface area (Å²) in [6, 6.07) is 3.64. The zero-order valence-corrected chi connectivity index (χ0v) is 18.2. The summed E-state index contributed by atoms with van der Waals surface area (Å²) in [6.07, 6.45) is 5.55. The second-order valence-corrected chi connectivity index (χ2v) is 9.55. The Balaban J connectivity index is 1.50. The molecule has 8 nitrogen and oxygen atoms in total. The molecule has 1 saturated heterocycles. The number of aliphatic hydroxyl groups is 1. The normalized spacial score (nSPS) is 24.8. The number of nitrogens with zero attached hydrogens (tertiary/aromatic N) is 1. The first-order valence-electron chi connectivity index (χ1n) is 10.6. The highest BCUT2D eigenvalue weighted by Gasteiger charge is 2.31. The van der Waals surface area contributed by atoms with E-state index in [1.54, 1.807) is 12.2 Å². The number of likely N-dealkylation sites (tertiary alicyclic amines) is 1. The SMILES string of the molecule is O=C(C[C@H]1C=C[C@H](NS(=O)(=O)c2ccc(F)cc2)[C@H](CO)O1)NCCN1CCCCC1. The van der Waals surface area contributed by atoms with Gasteiger partial charge in [-0.3, -0.25) is 4.79 Å². The van der Waals surface area contributed by atoms with Gasteiger partial charge in [0.15, 0.2) is 0 Å². The number of benzene rings is 1. The molecule has 0 saturated carbocycles. The molecule has 0 aliphatic carbocycles. The molecule has 1 aromatic carbocycles. The number of nitrogens with one attached hydrogen (secondary N) is 2. The van der Waals surface area contributed by atoms with Crippen LogP contribution in [0.3, 0.4) is 0 Å². The lowest BCUT2D eigenvalue weighted by atomic mass is 10.1. The molecule has 10 heteroatoms. The van der Waals surface area contributed by atoms with Gasteiger partial charge in [0.05, 0.1) is 30.1 Å². The summed E-state index contributed by atoms with van der Waals surface area (Å²) in [7, 11) is -3.93. The van der Waals surface area contributed by atoms with Crippen LogP contribution in [0.25, 0.3) is 0 Å². The van der Waals surface area contributed by atoms with Crippen LogP contribution in [0.5, 0.6) is 0 Å². The molecule has 3 rings (SSSR count). The molecule has 1 aromatic rings. The van der Waals surface area contributed by atoms with Crippen LogP contribution in [-0.4, -0.2) is 75.4 Å². The number of ether oxygens (including phenoxy) is 1. The molecule has 0 aromatic heterocycles. The van der Waals surface area contributed by atoms with Crippen molar-refractivity contribution in [3.8, 4) is 0 Å². The first-order valence-corrected chi connectivity index (χ1v) is 12.1. The van der Waals surface area contributed by atoms with Crippen LogP contribution in [-0.2, 0) is 19.6 Å². The summed E-state index contributed by atoms with van der Waals surface area (Å²) >= 11 is 0. The minimum atomic E-state index is -3.93. The average Bonchev–Trinajstić information content (AvgIpc) is 2.75. The van der Waals surface area contributed by atoms with Crippen molar-refractivity contribution < 1.29 is 27.4 Å². The molecule has 2 aliphatic heterocycles. The number of rotatable bonds is 9. The van der Waals surface area contributed by atoms with Crippen LogP contribution in [0, 0.1) is 5.82 Å². The van der Waals surface area contributed by atoms with Crippen LogP contribution in [0.1, 0.15) is 25.7 Å². The molecule has 0 spiro atoms. The van der Waals surface area contributed by atoms with Gasteiger partial charge in [0.1, 0.15) is 11.9 Å². The van der Waals surface area contributed by atoms with Crippen molar-refractivity contribution in [2.75, 3.05) is 32.8 Å². The summed E-state index contributed by atoms with van der Waals surface area (Å²) in [5.41, 5.74) is 0. The van der Waals surface area contributed by atoms with E-state index in [1.807, 2.05) is 0 Å². The topological polar surface area (TPSA) is 108 Å². The minimum absolute atomic E-state index is 0.0877. The Labute approximate surface area is 182 Å². The Morgan fingerprint density at radius 3 is 2.55 bits per heavy atom. The smallest absolute Gasteiger partial charge is 0.241 e. The Morgan fingerprint density at radius 2 is 1.87 bits per heavy atom. The van der Waals surface area contributed by atoms with E-state index in [0.717, 1.165) is 43.9 Å². The minimum Gasteiger partial charge on any atom is -0.394 e. The summed E-state index contributed by atoms with van der Waals surface area (Å²) in [4.78, 5) is 14.5. The summed E-state index contributed by atoms with van der Waals surface area (Å²) in [5, 5.41) is 12.5. The Bertz CT molecular complexity index is 856. The molecule has 0 bridgehead atoms. The van der Waals surface area contributed by atoms with Crippen molar-refractivity contribution in [2.45, 2.75) is 48.8 Å². The van der Waals surface area contributed by atoms with E-state index in [4.69, 9.17) is 4.74 Å². The molecular formula is C21H30FN3O5S. The van der Waals surface area contributed by atoms with Crippen molar-refractivity contribution in [1.82, 2.24) is 14.9 Å². The second-order valence-electron chi connectivity index (χ2n) is 7.84. The van der Waals surface area contributed by atoms with Gasteiger partial charge in [-0.15, -0.1) is 0 Å². The highest BCUT2D eigenvalue weighted by atomic mass is 32.2. The third-order valence-electron chi connectivity index (χ3n) is 5.46. The second kappa shape index (κ2) is 11.1. The monoisotopic (exact) mass is 455 g/mol. The van der Waals surface area contributed by atoms with Crippen molar-refractivity contribution in [3.63, 3.8) is 0 Å². The van der Waals surface area contributed by atoms with Crippen molar-refractivity contribution in [1.29, 1.82) is 0 Å². The van der Waals surface area contributed by atoms with E-state index < -0.39 is 40.7 Å². The number of sulfonamides is 1. The molecule has 1 amide bonds.